The van der Waals surface area contributed by atoms with Crippen molar-refractivity contribution in [3.8, 4) is 0 Å². The van der Waals surface area contributed by atoms with Crippen LogP contribution in [0.4, 0.5) is 0 Å². The normalized spacial score (nSPS) is 8.83. The summed E-state index contributed by atoms with van der Waals surface area (Å²) in [5.41, 5.74) is 5.77. The summed E-state index contributed by atoms with van der Waals surface area (Å²) in [6, 6.07) is 6.67. The van der Waals surface area contributed by atoms with Gasteiger partial charge in [-0.3, -0.25) is 4.79 Å². The number of halogens is 2. The second-order valence-corrected chi connectivity index (χ2v) is 2.57. The van der Waals surface area contributed by atoms with Crippen LogP contribution in [-0.2, 0) is 0 Å². The summed E-state index contributed by atoms with van der Waals surface area (Å²) in [6.45, 7) is 0.0433. The Kier molecular flexibility index (Phi) is 5.13. The summed E-state index contributed by atoms with van der Waals surface area (Å²) in [4.78, 5) is 11.0. The number of nitrogens with two attached hydrogens (primary N) is 1. The highest BCUT2D eigenvalue weighted by Gasteiger charge is 2.00. The third-order valence-electron chi connectivity index (χ3n) is 1.35. The first-order chi connectivity index (χ1) is 5.24. The summed E-state index contributed by atoms with van der Waals surface area (Å²) in [5.74, 6) is -0.0679. The van der Waals surface area contributed by atoms with Gasteiger partial charge in [0.15, 0.2) is 5.78 Å². The van der Waals surface area contributed by atoms with E-state index >= 15 is 0 Å². The molecule has 0 aliphatic carbocycles. The van der Waals surface area contributed by atoms with Gasteiger partial charge in [-0.15, -0.1) is 17.0 Å². The van der Waals surface area contributed by atoms with Gasteiger partial charge < -0.3 is 5.73 Å². The van der Waals surface area contributed by atoms with E-state index < -0.39 is 0 Å². The maximum absolute atomic E-state index is 11.0. The standard InChI is InChI=1S/C8H8ClNO.BrH/c9-7-3-1-6(2-4-7)8(11)5-10;/h1-4H,5,10H2;1H. The smallest absolute Gasteiger partial charge is 0.176 e. The second-order valence-electron chi connectivity index (χ2n) is 2.13. The average molecular weight is 251 g/mol. The van der Waals surface area contributed by atoms with E-state index in [0.717, 1.165) is 0 Å². The summed E-state index contributed by atoms with van der Waals surface area (Å²) < 4.78 is 0. The first-order valence-corrected chi connectivity index (χ1v) is 3.60. The molecule has 0 unspecified atom stereocenters. The van der Waals surface area contributed by atoms with E-state index in [1.807, 2.05) is 0 Å². The maximum Gasteiger partial charge on any atom is 0.176 e. The third-order valence-corrected chi connectivity index (χ3v) is 1.60. The van der Waals surface area contributed by atoms with Gasteiger partial charge in [-0.25, -0.2) is 0 Å². The first-order valence-electron chi connectivity index (χ1n) is 3.23. The predicted octanol–water partition coefficient (Wildman–Crippen LogP) is 2.06. The van der Waals surface area contributed by atoms with Crippen molar-refractivity contribution in [3.05, 3.63) is 34.9 Å². The summed E-state index contributed by atoms with van der Waals surface area (Å²) in [5, 5.41) is 0.624. The molecule has 0 amide bonds. The molecular formula is C8H9BrClNO. The third kappa shape index (κ3) is 2.93. The van der Waals surface area contributed by atoms with Crippen molar-refractivity contribution in [2.45, 2.75) is 0 Å². The van der Waals surface area contributed by atoms with Gasteiger partial charge in [0, 0.05) is 10.6 Å². The van der Waals surface area contributed by atoms with Crippen LogP contribution in [0.2, 0.25) is 5.02 Å². The number of rotatable bonds is 2. The van der Waals surface area contributed by atoms with Gasteiger partial charge in [-0.2, -0.15) is 0 Å². The van der Waals surface area contributed by atoms with Crippen LogP contribution in [0.15, 0.2) is 24.3 Å². The molecule has 0 atom stereocenters. The van der Waals surface area contributed by atoms with Crippen LogP contribution in [0.5, 0.6) is 0 Å². The lowest BCUT2D eigenvalue weighted by molar-refractivity contribution is 0.100. The van der Waals surface area contributed by atoms with E-state index in [4.69, 9.17) is 17.3 Å². The minimum atomic E-state index is -0.0679. The van der Waals surface area contributed by atoms with Crippen molar-refractivity contribution >= 4 is 34.4 Å². The number of hydrogen-bond acceptors (Lipinski definition) is 2. The lowest BCUT2D eigenvalue weighted by atomic mass is 10.1. The molecule has 1 aromatic rings. The molecule has 12 heavy (non-hydrogen) atoms. The monoisotopic (exact) mass is 249 g/mol. The van der Waals surface area contributed by atoms with Gasteiger partial charge in [0.1, 0.15) is 0 Å². The highest BCUT2D eigenvalue weighted by Crippen LogP contribution is 2.09. The van der Waals surface area contributed by atoms with Gasteiger partial charge in [0.25, 0.3) is 0 Å². The molecule has 0 radical (unpaired) electrons. The molecule has 0 fully saturated rings. The van der Waals surface area contributed by atoms with Crippen LogP contribution in [-0.4, -0.2) is 12.3 Å². The van der Waals surface area contributed by atoms with E-state index in [2.05, 4.69) is 0 Å². The van der Waals surface area contributed by atoms with Gasteiger partial charge >= 0.3 is 0 Å². The number of hydrogen-bond donors (Lipinski definition) is 1. The van der Waals surface area contributed by atoms with Crippen molar-refractivity contribution in [3.63, 3.8) is 0 Å². The molecule has 0 aliphatic rings. The van der Waals surface area contributed by atoms with Crippen LogP contribution in [0, 0.1) is 0 Å². The van der Waals surface area contributed by atoms with Crippen molar-refractivity contribution in [2.24, 2.45) is 5.73 Å². The minimum absolute atomic E-state index is 0. The number of benzene rings is 1. The predicted molar refractivity (Wildman–Crippen MR) is 55.2 cm³/mol. The Morgan fingerprint density at radius 1 is 1.33 bits per heavy atom. The van der Waals surface area contributed by atoms with Crippen molar-refractivity contribution in [1.29, 1.82) is 0 Å². The van der Waals surface area contributed by atoms with E-state index in [9.17, 15) is 4.79 Å². The topological polar surface area (TPSA) is 43.1 Å². The average Bonchev–Trinajstić information content (AvgIpc) is 2.05. The molecule has 0 saturated heterocycles. The summed E-state index contributed by atoms with van der Waals surface area (Å²) >= 11 is 5.62. The fraction of sp³-hybridized carbons (Fsp3) is 0.125. The van der Waals surface area contributed by atoms with Crippen LogP contribution in [0.3, 0.4) is 0 Å². The molecule has 0 aromatic heterocycles. The van der Waals surface area contributed by atoms with Crippen molar-refractivity contribution in [1.82, 2.24) is 0 Å². The number of ketones is 1. The molecule has 1 aromatic carbocycles. The SMILES string of the molecule is Br.NCC(=O)c1ccc(Cl)cc1. The lowest BCUT2D eigenvalue weighted by Gasteiger charge is -1.95. The molecule has 4 heteroatoms. The Hall–Kier alpha value is -0.380. The largest absolute Gasteiger partial charge is 0.324 e. The molecule has 0 heterocycles. The van der Waals surface area contributed by atoms with Crippen LogP contribution in [0.1, 0.15) is 10.4 Å². The van der Waals surface area contributed by atoms with Gasteiger partial charge in [-0.05, 0) is 24.3 Å². The van der Waals surface area contributed by atoms with Gasteiger partial charge in [0.05, 0.1) is 6.54 Å². The molecule has 0 saturated carbocycles. The quantitative estimate of drug-likeness (QED) is 0.817. The molecule has 66 valence electrons. The zero-order valence-corrected chi connectivity index (χ0v) is 8.76. The van der Waals surface area contributed by atoms with Gasteiger partial charge in [-0.1, -0.05) is 11.6 Å². The molecular weight excluding hydrogens is 241 g/mol. The van der Waals surface area contributed by atoms with Crippen molar-refractivity contribution < 1.29 is 4.79 Å². The van der Waals surface area contributed by atoms with Crippen LogP contribution >= 0.6 is 28.6 Å². The molecule has 0 aliphatic heterocycles. The molecule has 0 spiro atoms. The van der Waals surface area contributed by atoms with E-state index in [1.54, 1.807) is 24.3 Å². The number of Topliss-reactive ketones (excluding diaryl/α,β-unsaturated/α-hetero) is 1. The van der Waals surface area contributed by atoms with E-state index in [0.29, 0.717) is 10.6 Å². The zero-order chi connectivity index (χ0) is 8.27. The van der Waals surface area contributed by atoms with Crippen LogP contribution in [0.25, 0.3) is 0 Å². The Bertz CT molecular complexity index is 260. The van der Waals surface area contributed by atoms with Gasteiger partial charge in [0.2, 0.25) is 0 Å². The highest BCUT2D eigenvalue weighted by atomic mass is 79.9. The summed E-state index contributed by atoms with van der Waals surface area (Å²) in [6.07, 6.45) is 0. The number of carbonyl (C=O) groups is 1. The Labute approximate surface area is 86.5 Å². The van der Waals surface area contributed by atoms with Crippen molar-refractivity contribution in [2.75, 3.05) is 6.54 Å². The highest BCUT2D eigenvalue weighted by molar-refractivity contribution is 8.93. The Morgan fingerprint density at radius 3 is 2.25 bits per heavy atom. The molecule has 0 bridgehead atoms. The minimum Gasteiger partial charge on any atom is -0.324 e. The van der Waals surface area contributed by atoms with Crippen LogP contribution < -0.4 is 5.73 Å². The number of carbonyl (C=O) groups excluding carboxylic acids is 1. The second kappa shape index (κ2) is 5.30. The van der Waals surface area contributed by atoms with E-state index in [1.165, 1.54) is 0 Å². The Morgan fingerprint density at radius 2 is 1.83 bits per heavy atom. The lowest BCUT2D eigenvalue weighted by Crippen LogP contribution is -2.13. The molecule has 2 nitrogen and oxygen atoms in total. The first kappa shape index (κ1) is 11.6. The fourth-order valence-corrected chi connectivity index (χ4v) is 0.880. The zero-order valence-electron chi connectivity index (χ0n) is 6.29. The maximum atomic E-state index is 11.0. The molecule has 2 N–H and O–H groups in total. The molecule has 1 rings (SSSR count). The fourth-order valence-electron chi connectivity index (χ4n) is 0.754. The summed E-state index contributed by atoms with van der Waals surface area (Å²) in [7, 11) is 0. The Balaban J connectivity index is 0.00000121. The van der Waals surface area contributed by atoms with E-state index in [-0.39, 0.29) is 29.3 Å².